The number of rotatable bonds is 3. The number of piperidine rings is 1. The molecule has 5 nitrogen and oxygen atoms in total. The third-order valence-electron chi connectivity index (χ3n) is 5.69. The predicted molar refractivity (Wildman–Crippen MR) is 97.0 cm³/mol. The Kier molecular flexibility index (Phi) is 4.18. The maximum absolute atomic E-state index is 13.2. The molecule has 1 spiro atoms. The van der Waals surface area contributed by atoms with Gasteiger partial charge in [-0.2, -0.15) is 0 Å². The Hall–Kier alpha value is -1.69. The Bertz CT molecular complexity index is 795. The number of nitrogens with one attached hydrogen (secondary N) is 1. The molecule has 2 saturated heterocycles. The summed E-state index contributed by atoms with van der Waals surface area (Å²) in [6.07, 6.45) is 1.66. The first-order chi connectivity index (χ1) is 12.0. The van der Waals surface area contributed by atoms with Crippen molar-refractivity contribution in [2.45, 2.75) is 45.4 Å². The molecule has 1 atom stereocenters. The number of ether oxygens (including phenoxy) is 2. The Morgan fingerprint density at radius 3 is 2.56 bits per heavy atom. The highest BCUT2D eigenvalue weighted by atomic mass is 16.7. The molecule has 1 aromatic carbocycles. The molecule has 2 aliphatic heterocycles. The molecular weight excluding hydrogens is 316 g/mol. The van der Waals surface area contributed by atoms with Gasteiger partial charge < -0.3 is 14.5 Å². The number of Topliss-reactive ketones (excluding diaryl/α,β-unsaturated/α-hetero) is 1. The van der Waals surface area contributed by atoms with E-state index >= 15 is 0 Å². The molecule has 0 aliphatic carbocycles. The summed E-state index contributed by atoms with van der Waals surface area (Å²) in [5.41, 5.74) is 4.02. The van der Waals surface area contributed by atoms with E-state index in [0.717, 1.165) is 48.1 Å². The molecule has 0 unspecified atom stereocenters. The highest BCUT2D eigenvalue weighted by Gasteiger charge is 2.41. The second-order valence-electron chi connectivity index (χ2n) is 7.36. The van der Waals surface area contributed by atoms with Gasteiger partial charge in [0.1, 0.15) is 0 Å². The Balaban J connectivity index is 1.54. The quantitative estimate of drug-likeness (QED) is 0.871. The largest absolute Gasteiger partial charge is 0.358 e. The van der Waals surface area contributed by atoms with Crippen molar-refractivity contribution in [3.63, 3.8) is 0 Å². The van der Waals surface area contributed by atoms with Gasteiger partial charge >= 0.3 is 0 Å². The van der Waals surface area contributed by atoms with Gasteiger partial charge in [0.05, 0.1) is 19.3 Å². The van der Waals surface area contributed by atoms with Crippen LogP contribution in [0.5, 0.6) is 0 Å². The molecule has 5 heteroatoms. The van der Waals surface area contributed by atoms with Crippen LogP contribution in [0, 0.1) is 13.8 Å². The molecule has 4 rings (SSSR count). The number of fused-ring (bicyclic) bond motifs is 1. The third kappa shape index (κ3) is 2.90. The molecule has 3 heterocycles. The van der Waals surface area contributed by atoms with Crippen molar-refractivity contribution >= 4 is 16.7 Å². The van der Waals surface area contributed by atoms with Crippen LogP contribution in [-0.4, -0.2) is 53.8 Å². The van der Waals surface area contributed by atoms with E-state index in [1.807, 2.05) is 13.8 Å². The minimum Gasteiger partial charge on any atom is -0.358 e. The van der Waals surface area contributed by atoms with Crippen molar-refractivity contribution in [3.05, 3.63) is 35.0 Å². The number of ketones is 1. The highest BCUT2D eigenvalue weighted by molar-refractivity contribution is 6.11. The summed E-state index contributed by atoms with van der Waals surface area (Å²) in [5, 5.41) is 1.02. The van der Waals surface area contributed by atoms with Crippen molar-refractivity contribution in [3.8, 4) is 0 Å². The fourth-order valence-corrected chi connectivity index (χ4v) is 4.18. The summed E-state index contributed by atoms with van der Waals surface area (Å²) in [7, 11) is 0. The van der Waals surface area contributed by atoms with Gasteiger partial charge in [0.25, 0.3) is 0 Å². The second kappa shape index (κ2) is 6.24. The lowest BCUT2D eigenvalue weighted by Gasteiger charge is -2.39. The van der Waals surface area contributed by atoms with E-state index < -0.39 is 5.79 Å². The van der Waals surface area contributed by atoms with E-state index in [1.54, 1.807) is 0 Å². The van der Waals surface area contributed by atoms with Crippen LogP contribution in [0.15, 0.2) is 18.2 Å². The Morgan fingerprint density at radius 1 is 1.20 bits per heavy atom. The molecule has 2 aliphatic rings. The summed E-state index contributed by atoms with van der Waals surface area (Å²) in [4.78, 5) is 18.8. The number of likely N-dealkylation sites (tertiary alicyclic amines) is 1. The Morgan fingerprint density at radius 2 is 1.88 bits per heavy atom. The summed E-state index contributed by atoms with van der Waals surface area (Å²) < 4.78 is 11.6. The molecule has 134 valence electrons. The fourth-order valence-electron chi connectivity index (χ4n) is 4.18. The summed E-state index contributed by atoms with van der Waals surface area (Å²) in [5.74, 6) is -0.204. The van der Waals surface area contributed by atoms with Crippen molar-refractivity contribution in [1.82, 2.24) is 9.88 Å². The minimum absolute atomic E-state index is 0.141. The molecule has 25 heavy (non-hydrogen) atoms. The Labute approximate surface area is 148 Å². The van der Waals surface area contributed by atoms with Gasteiger partial charge in [-0.25, -0.2) is 0 Å². The van der Waals surface area contributed by atoms with E-state index in [-0.39, 0.29) is 11.8 Å². The maximum atomic E-state index is 13.2. The lowest BCUT2D eigenvalue weighted by atomic mass is 9.97. The fraction of sp³-hybridized carbons (Fsp3) is 0.550. The average Bonchev–Trinajstić information content (AvgIpc) is 3.17. The molecule has 0 radical (unpaired) electrons. The second-order valence-corrected chi connectivity index (χ2v) is 7.36. The van der Waals surface area contributed by atoms with Gasteiger partial charge in [-0.3, -0.25) is 9.69 Å². The standard InChI is InChI=1S/C20H26N2O3/c1-13-4-5-16-17(12-13)21-14(2)18(16)19(23)15(3)22-8-6-20(7-9-22)24-10-11-25-20/h4-5,12,15,21H,6-11H2,1-3H3/t15-/m0/s1. The average molecular weight is 342 g/mol. The maximum Gasteiger partial charge on any atom is 0.182 e. The number of aryl methyl sites for hydroxylation is 2. The lowest BCUT2D eigenvalue weighted by Crippen LogP contribution is -2.50. The van der Waals surface area contributed by atoms with Crippen LogP contribution in [-0.2, 0) is 9.47 Å². The first-order valence-electron chi connectivity index (χ1n) is 9.14. The first kappa shape index (κ1) is 16.8. The van der Waals surface area contributed by atoms with E-state index in [2.05, 4.69) is 35.0 Å². The molecule has 2 aromatic rings. The lowest BCUT2D eigenvalue weighted by molar-refractivity contribution is -0.186. The van der Waals surface area contributed by atoms with Crippen LogP contribution in [0.1, 0.15) is 41.4 Å². The number of H-pyrrole nitrogens is 1. The monoisotopic (exact) mass is 342 g/mol. The zero-order valence-electron chi connectivity index (χ0n) is 15.2. The van der Waals surface area contributed by atoms with Gasteiger partial charge in [0.2, 0.25) is 0 Å². The number of carbonyl (C=O) groups excluding carboxylic acids is 1. The third-order valence-corrected chi connectivity index (χ3v) is 5.69. The number of aromatic nitrogens is 1. The number of benzene rings is 1. The van der Waals surface area contributed by atoms with Crippen molar-refractivity contribution in [2.75, 3.05) is 26.3 Å². The van der Waals surface area contributed by atoms with Gasteiger partial charge in [0, 0.05) is 48.1 Å². The number of nitrogens with zero attached hydrogens (tertiary/aromatic N) is 1. The summed E-state index contributed by atoms with van der Waals surface area (Å²) in [6.45, 7) is 9.09. The molecule has 0 saturated carbocycles. The number of hydrogen-bond acceptors (Lipinski definition) is 4. The molecule has 0 amide bonds. The predicted octanol–water partition coefficient (Wildman–Crippen LogP) is 3.19. The van der Waals surface area contributed by atoms with Gasteiger partial charge in [0.15, 0.2) is 11.6 Å². The van der Waals surface area contributed by atoms with Crippen molar-refractivity contribution in [1.29, 1.82) is 0 Å². The van der Waals surface area contributed by atoms with Crippen LogP contribution in [0.2, 0.25) is 0 Å². The van der Waals surface area contributed by atoms with Gasteiger partial charge in [-0.15, -0.1) is 0 Å². The molecule has 2 fully saturated rings. The first-order valence-corrected chi connectivity index (χ1v) is 9.14. The van der Waals surface area contributed by atoms with Crippen LogP contribution in [0.3, 0.4) is 0 Å². The number of carbonyl (C=O) groups is 1. The van der Waals surface area contributed by atoms with Crippen LogP contribution >= 0.6 is 0 Å². The van der Waals surface area contributed by atoms with Crippen molar-refractivity contribution in [2.24, 2.45) is 0 Å². The number of aromatic amines is 1. The van der Waals surface area contributed by atoms with Crippen LogP contribution in [0.4, 0.5) is 0 Å². The van der Waals surface area contributed by atoms with E-state index in [4.69, 9.17) is 9.47 Å². The SMILES string of the molecule is Cc1ccc2c(C(=O)[C@H](C)N3CCC4(CC3)OCCO4)c(C)[nH]c2c1. The van der Waals surface area contributed by atoms with Gasteiger partial charge in [-0.1, -0.05) is 12.1 Å². The van der Waals surface area contributed by atoms with Crippen molar-refractivity contribution < 1.29 is 14.3 Å². The van der Waals surface area contributed by atoms with E-state index in [1.165, 1.54) is 5.56 Å². The molecule has 0 bridgehead atoms. The molecule has 1 N–H and O–H groups in total. The minimum atomic E-state index is -0.395. The smallest absolute Gasteiger partial charge is 0.182 e. The summed E-state index contributed by atoms with van der Waals surface area (Å²) in [6, 6.07) is 6.08. The zero-order valence-corrected chi connectivity index (χ0v) is 15.2. The normalized spacial score (nSPS) is 21.9. The van der Waals surface area contributed by atoms with Crippen LogP contribution in [0.25, 0.3) is 10.9 Å². The molecular formula is C20H26N2O3. The number of hydrogen-bond donors (Lipinski definition) is 1. The van der Waals surface area contributed by atoms with Gasteiger partial charge in [-0.05, 0) is 32.4 Å². The van der Waals surface area contributed by atoms with E-state index in [0.29, 0.717) is 13.2 Å². The summed E-state index contributed by atoms with van der Waals surface area (Å²) >= 11 is 0. The molecule has 1 aromatic heterocycles. The highest BCUT2D eigenvalue weighted by Crippen LogP contribution is 2.33. The zero-order chi connectivity index (χ0) is 17.6. The van der Waals surface area contributed by atoms with E-state index in [9.17, 15) is 4.79 Å². The van der Waals surface area contributed by atoms with Crippen LogP contribution < -0.4 is 0 Å². The topological polar surface area (TPSA) is 54.6 Å².